The summed E-state index contributed by atoms with van der Waals surface area (Å²) in [5.41, 5.74) is 3.16. The van der Waals surface area contributed by atoms with E-state index in [1.807, 2.05) is 60.3 Å². The van der Waals surface area contributed by atoms with Crippen molar-refractivity contribution >= 4 is 39.1 Å². The number of likely N-dealkylation sites (tertiary alicyclic amines) is 1. The normalized spacial score (nSPS) is 15.2. The first-order valence-electron chi connectivity index (χ1n) is 11.2. The quantitative estimate of drug-likeness (QED) is 0.427. The molecule has 0 aliphatic carbocycles. The number of aryl methyl sites for hydroxylation is 1. The molecule has 1 fully saturated rings. The maximum absolute atomic E-state index is 13.0. The van der Waals surface area contributed by atoms with E-state index in [1.165, 1.54) is 11.3 Å². The molecule has 6 nitrogen and oxygen atoms in total. The van der Waals surface area contributed by atoms with Gasteiger partial charge >= 0.3 is 0 Å². The molecule has 4 heterocycles. The number of halogens is 1. The molecule has 3 aromatic heterocycles. The molecule has 1 aliphatic rings. The number of carbonyl (C=O) groups is 1. The minimum atomic E-state index is 0.0109. The second-order valence-corrected chi connectivity index (χ2v) is 10.0. The summed E-state index contributed by atoms with van der Waals surface area (Å²) in [5.74, 6) is 0.0109. The molecule has 0 spiro atoms. The van der Waals surface area contributed by atoms with Crippen LogP contribution in [0.3, 0.4) is 0 Å². The average molecular weight is 480 g/mol. The molecule has 1 N–H and O–H groups in total. The van der Waals surface area contributed by atoms with Gasteiger partial charge in [-0.2, -0.15) is 5.10 Å². The molecule has 1 amide bonds. The third-order valence-corrected chi connectivity index (χ3v) is 7.51. The Balaban J connectivity index is 1.21. The molecule has 33 heavy (non-hydrogen) atoms. The van der Waals surface area contributed by atoms with E-state index in [4.69, 9.17) is 11.6 Å². The topological polar surface area (TPSA) is 63.1 Å². The van der Waals surface area contributed by atoms with Crippen molar-refractivity contribution in [3.05, 3.63) is 81.6 Å². The first-order chi connectivity index (χ1) is 16.0. The highest BCUT2D eigenvalue weighted by Crippen LogP contribution is 2.29. The lowest BCUT2D eigenvalue weighted by Gasteiger charge is -2.32. The summed E-state index contributed by atoms with van der Waals surface area (Å²) in [6.07, 6.45) is 3.74. The number of hydrogen-bond donors (Lipinski definition) is 1. The van der Waals surface area contributed by atoms with Crippen LogP contribution in [0.15, 0.2) is 54.7 Å². The van der Waals surface area contributed by atoms with E-state index in [9.17, 15) is 4.79 Å². The van der Waals surface area contributed by atoms with Gasteiger partial charge in [0.25, 0.3) is 5.91 Å². The summed E-state index contributed by atoms with van der Waals surface area (Å²) < 4.78 is 1.98. The van der Waals surface area contributed by atoms with Crippen molar-refractivity contribution < 1.29 is 4.79 Å². The van der Waals surface area contributed by atoms with Gasteiger partial charge in [0.05, 0.1) is 22.8 Å². The SMILES string of the molecule is Cc1nn(Cc2ccc(Cl)cc2)c2sc(C(=O)NC3CCN(Cc4ccccn4)CC3)cc12. The highest BCUT2D eigenvalue weighted by atomic mass is 35.5. The average Bonchev–Trinajstić information content (AvgIpc) is 3.39. The number of thiophene rings is 1. The minimum Gasteiger partial charge on any atom is -0.349 e. The van der Waals surface area contributed by atoms with E-state index in [-0.39, 0.29) is 11.9 Å². The Bertz CT molecular complexity index is 1240. The van der Waals surface area contributed by atoms with Crippen LogP contribution in [0.4, 0.5) is 0 Å². The summed E-state index contributed by atoms with van der Waals surface area (Å²) in [6, 6.07) is 16.0. The lowest BCUT2D eigenvalue weighted by atomic mass is 10.0. The Labute approximate surface area is 202 Å². The smallest absolute Gasteiger partial charge is 0.261 e. The van der Waals surface area contributed by atoms with E-state index >= 15 is 0 Å². The molecule has 0 atom stereocenters. The van der Waals surface area contributed by atoms with Crippen LogP contribution < -0.4 is 5.32 Å². The zero-order chi connectivity index (χ0) is 22.8. The van der Waals surface area contributed by atoms with Crippen molar-refractivity contribution in [2.24, 2.45) is 0 Å². The molecule has 8 heteroatoms. The standard InChI is InChI=1S/C25H26ClN5OS/c1-17-22-14-23(33-25(22)31(29-17)15-18-5-7-19(26)8-6-18)24(32)28-20-9-12-30(13-10-20)16-21-4-2-3-11-27-21/h2-8,11,14,20H,9-10,12-13,15-16H2,1H3,(H,28,32). The van der Waals surface area contributed by atoms with Crippen LogP contribution in [0.25, 0.3) is 10.2 Å². The first kappa shape index (κ1) is 22.1. The minimum absolute atomic E-state index is 0.0109. The second kappa shape index (κ2) is 9.63. The molecule has 0 radical (unpaired) electrons. The Kier molecular flexibility index (Phi) is 6.44. The Morgan fingerprint density at radius 2 is 1.94 bits per heavy atom. The van der Waals surface area contributed by atoms with Crippen LogP contribution >= 0.6 is 22.9 Å². The fourth-order valence-electron chi connectivity index (χ4n) is 4.31. The van der Waals surface area contributed by atoms with Crippen molar-refractivity contribution in [2.45, 2.75) is 38.9 Å². The molecular weight excluding hydrogens is 454 g/mol. The zero-order valence-electron chi connectivity index (χ0n) is 18.5. The van der Waals surface area contributed by atoms with Gasteiger partial charge < -0.3 is 5.32 Å². The predicted octanol–water partition coefficient (Wildman–Crippen LogP) is 4.90. The van der Waals surface area contributed by atoms with Gasteiger partial charge in [-0.25, -0.2) is 0 Å². The van der Waals surface area contributed by atoms with Crippen molar-refractivity contribution in [3.8, 4) is 0 Å². The number of amides is 1. The molecule has 1 aliphatic heterocycles. The number of rotatable bonds is 6. The van der Waals surface area contributed by atoms with Crippen LogP contribution in [0.5, 0.6) is 0 Å². The predicted molar refractivity (Wildman–Crippen MR) is 133 cm³/mol. The van der Waals surface area contributed by atoms with Gasteiger partial charge in [0.1, 0.15) is 4.83 Å². The van der Waals surface area contributed by atoms with Gasteiger partial charge in [0, 0.05) is 42.3 Å². The van der Waals surface area contributed by atoms with Gasteiger partial charge in [0.15, 0.2) is 0 Å². The Morgan fingerprint density at radius 3 is 2.67 bits per heavy atom. The van der Waals surface area contributed by atoms with Crippen LogP contribution in [-0.4, -0.2) is 44.7 Å². The van der Waals surface area contributed by atoms with Gasteiger partial charge in [-0.3, -0.25) is 19.4 Å². The molecule has 1 saturated heterocycles. The van der Waals surface area contributed by atoms with Gasteiger partial charge in [-0.15, -0.1) is 11.3 Å². The van der Waals surface area contributed by atoms with Crippen molar-refractivity contribution in [1.82, 2.24) is 25.0 Å². The number of piperidine rings is 1. The van der Waals surface area contributed by atoms with Gasteiger partial charge in [0.2, 0.25) is 0 Å². The van der Waals surface area contributed by atoms with E-state index in [1.54, 1.807) is 0 Å². The third-order valence-electron chi connectivity index (χ3n) is 6.11. The first-order valence-corrected chi connectivity index (χ1v) is 12.4. The summed E-state index contributed by atoms with van der Waals surface area (Å²) >= 11 is 7.52. The molecule has 0 saturated carbocycles. The molecule has 170 valence electrons. The lowest BCUT2D eigenvalue weighted by Crippen LogP contribution is -2.44. The van der Waals surface area contributed by atoms with Crippen molar-refractivity contribution in [1.29, 1.82) is 0 Å². The van der Waals surface area contributed by atoms with Crippen LogP contribution in [0, 0.1) is 6.92 Å². The number of fused-ring (bicyclic) bond motifs is 1. The van der Waals surface area contributed by atoms with Gasteiger partial charge in [-0.1, -0.05) is 29.8 Å². The molecule has 0 bridgehead atoms. The fraction of sp³-hybridized carbons (Fsp3) is 0.320. The van der Waals surface area contributed by atoms with Gasteiger partial charge in [-0.05, 0) is 55.7 Å². The number of pyridine rings is 1. The molecule has 5 rings (SSSR count). The Morgan fingerprint density at radius 1 is 1.15 bits per heavy atom. The summed E-state index contributed by atoms with van der Waals surface area (Å²) in [4.78, 5) is 21.6. The van der Waals surface area contributed by atoms with E-state index in [0.29, 0.717) is 6.54 Å². The highest BCUT2D eigenvalue weighted by Gasteiger charge is 2.23. The Hall–Kier alpha value is -2.74. The molecule has 0 unspecified atom stereocenters. The second-order valence-electron chi connectivity index (χ2n) is 8.54. The maximum atomic E-state index is 13.0. The summed E-state index contributed by atoms with van der Waals surface area (Å²) in [7, 11) is 0. The van der Waals surface area contributed by atoms with Crippen LogP contribution in [-0.2, 0) is 13.1 Å². The van der Waals surface area contributed by atoms with E-state index in [2.05, 4.69) is 26.4 Å². The largest absolute Gasteiger partial charge is 0.349 e. The fourth-order valence-corrected chi connectivity index (χ4v) is 5.50. The monoisotopic (exact) mass is 479 g/mol. The number of aromatic nitrogens is 3. The van der Waals surface area contributed by atoms with E-state index < -0.39 is 0 Å². The number of nitrogens with one attached hydrogen (secondary N) is 1. The number of benzene rings is 1. The summed E-state index contributed by atoms with van der Waals surface area (Å²) in [6.45, 7) is 5.43. The summed E-state index contributed by atoms with van der Waals surface area (Å²) in [5, 5.41) is 9.69. The number of nitrogens with zero attached hydrogens (tertiary/aromatic N) is 4. The highest BCUT2D eigenvalue weighted by molar-refractivity contribution is 7.20. The maximum Gasteiger partial charge on any atom is 0.261 e. The number of carbonyl (C=O) groups excluding carboxylic acids is 1. The lowest BCUT2D eigenvalue weighted by molar-refractivity contribution is 0.0912. The van der Waals surface area contributed by atoms with Crippen LogP contribution in [0.2, 0.25) is 5.02 Å². The van der Waals surface area contributed by atoms with Crippen molar-refractivity contribution in [2.75, 3.05) is 13.1 Å². The molecular formula is C25H26ClN5OS. The molecule has 4 aromatic rings. The third kappa shape index (κ3) is 5.11. The molecule has 1 aromatic carbocycles. The van der Waals surface area contributed by atoms with Crippen LogP contribution in [0.1, 0.15) is 39.5 Å². The van der Waals surface area contributed by atoms with Crippen molar-refractivity contribution in [3.63, 3.8) is 0 Å². The van der Waals surface area contributed by atoms with E-state index in [0.717, 1.165) is 69.5 Å². The number of hydrogen-bond acceptors (Lipinski definition) is 5. The zero-order valence-corrected chi connectivity index (χ0v) is 20.1.